The lowest BCUT2D eigenvalue weighted by Crippen LogP contribution is -2.01. The van der Waals surface area contributed by atoms with Crippen LogP contribution < -0.4 is 18.9 Å². The highest BCUT2D eigenvalue weighted by Gasteiger charge is 2.16. The maximum atomic E-state index is 11.8. The lowest BCUT2D eigenvalue weighted by atomic mass is 10.0. The smallest absolute Gasteiger partial charge is 0.336 e. The molecule has 0 aliphatic rings. The summed E-state index contributed by atoms with van der Waals surface area (Å²) in [7, 11) is 6.05. The van der Waals surface area contributed by atoms with Crippen LogP contribution in [0, 0.1) is 0 Å². The van der Waals surface area contributed by atoms with Crippen molar-refractivity contribution >= 4 is 17.6 Å². The third-order valence-corrected chi connectivity index (χ3v) is 3.66. The lowest BCUT2D eigenvalue weighted by molar-refractivity contribution is -0.130. The molecule has 2 rings (SSSR count). The van der Waals surface area contributed by atoms with Crippen molar-refractivity contribution in [1.82, 2.24) is 0 Å². The average molecular weight is 344 g/mol. The van der Waals surface area contributed by atoms with Crippen molar-refractivity contribution in [1.29, 1.82) is 0 Å². The first-order chi connectivity index (χ1) is 12.0. The lowest BCUT2D eigenvalue weighted by Gasteiger charge is -2.12. The van der Waals surface area contributed by atoms with Crippen molar-refractivity contribution in [3.63, 3.8) is 0 Å². The number of methoxy groups -OCH3 is 4. The third-order valence-electron chi connectivity index (χ3n) is 3.66. The van der Waals surface area contributed by atoms with Gasteiger partial charge in [-0.2, -0.15) is 0 Å². The molecule has 6 heteroatoms. The number of carbonyl (C=O) groups is 1. The Bertz CT molecular complexity index is 794. The number of carboxylic acids is 1. The van der Waals surface area contributed by atoms with Crippen molar-refractivity contribution in [3.8, 4) is 23.0 Å². The minimum absolute atomic E-state index is 0.0903. The maximum Gasteiger partial charge on any atom is 0.336 e. The number of rotatable bonds is 7. The second-order valence-electron chi connectivity index (χ2n) is 5.02. The summed E-state index contributed by atoms with van der Waals surface area (Å²) in [6, 6.07) is 10.2. The van der Waals surface area contributed by atoms with Gasteiger partial charge >= 0.3 is 5.97 Å². The van der Waals surface area contributed by atoms with E-state index in [0.717, 1.165) is 0 Å². The predicted octanol–water partition coefficient (Wildman–Crippen LogP) is 3.35. The number of hydrogen-bond acceptors (Lipinski definition) is 5. The Balaban J connectivity index is 2.60. The molecule has 0 saturated heterocycles. The largest absolute Gasteiger partial charge is 0.493 e. The molecule has 0 bridgehead atoms. The van der Waals surface area contributed by atoms with Crippen molar-refractivity contribution in [3.05, 3.63) is 47.5 Å². The van der Waals surface area contributed by atoms with Crippen molar-refractivity contribution in [2.75, 3.05) is 28.4 Å². The van der Waals surface area contributed by atoms with Crippen LogP contribution in [0.5, 0.6) is 23.0 Å². The first-order valence-electron chi connectivity index (χ1n) is 7.44. The van der Waals surface area contributed by atoms with Gasteiger partial charge < -0.3 is 24.1 Å². The second-order valence-corrected chi connectivity index (χ2v) is 5.02. The fourth-order valence-electron chi connectivity index (χ4n) is 2.45. The van der Waals surface area contributed by atoms with Crippen LogP contribution in [0.3, 0.4) is 0 Å². The van der Waals surface area contributed by atoms with E-state index in [0.29, 0.717) is 34.1 Å². The van der Waals surface area contributed by atoms with Gasteiger partial charge in [-0.25, -0.2) is 4.79 Å². The standard InChI is InChI=1S/C19H20O6/c1-22-15-9-8-12(11-17(15)24-3)14(19(20)21)10-13-6-5-7-16(23-2)18(13)25-4/h5-11H,1-4H3,(H,20,21)/b14-10-. The number of hydrogen-bond donors (Lipinski definition) is 1. The van der Waals surface area contributed by atoms with E-state index in [4.69, 9.17) is 18.9 Å². The van der Waals surface area contributed by atoms with E-state index in [1.54, 1.807) is 36.4 Å². The normalized spacial score (nSPS) is 11.0. The summed E-state index contributed by atoms with van der Waals surface area (Å²) in [5.41, 5.74) is 1.16. The minimum Gasteiger partial charge on any atom is -0.493 e. The molecule has 0 aliphatic carbocycles. The minimum atomic E-state index is -1.07. The third kappa shape index (κ3) is 3.85. The van der Waals surface area contributed by atoms with Crippen LogP contribution in [0.1, 0.15) is 11.1 Å². The molecular formula is C19H20O6. The van der Waals surface area contributed by atoms with Crippen molar-refractivity contribution in [2.24, 2.45) is 0 Å². The van der Waals surface area contributed by atoms with Gasteiger partial charge in [0.15, 0.2) is 23.0 Å². The van der Waals surface area contributed by atoms with E-state index in [1.807, 2.05) is 0 Å². The van der Waals surface area contributed by atoms with Crippen LogP contribution in [0.2, 0.25) is 0 Å². The Morgan fingerprint density at radius 2 is 1.56 bits per heavy atom. The highest BCUT2D eigenvalue weighted by atomic mass is 16.5. The van der Waals surface area contributed by atoms with Crippen LogP contribution >= 0.6 is 0 Å². The van der Waals surface area contributed by atoms with Gasteiger partial charge in [0, 0.05) is 5.56 Å². The van der Waals surface area contributed by atoms with E-state index in [9.17, 15) is 9.90 Å². The molecule has 2 aromatic rings. The fraction of sp³-hybridized carbons (Fsp3) is 0.211. The van der Waals surface area contributed by atoms with Crippen LogP contribution in [0.15, 0.2) is 36.4 Å². The average Bonchev–Trinajstić information content (AvgIpc) is 2.64. The summed E-state index contributed by atoms with van der Waals surface area (Å²) in [6.45, 7) is 0. The van der Waals surface area contributed by atoms with Crippen LogP contribution in [-0.4, -0.2) is 39.5 Å². The summed E-state index contributed by atoms with van der Waals surface area (Å²) in [4.78, 5) is 11.8. The molecule has 0 atom stereocenters. The zero-order valence-electron chi connectivity index (χ0n) is 14.5. The highest BCUT2D eigenvalue weighted by molar-refractivity contribution is 6.21. The number of benzene rings is 2. The van der Waals surface area contributed by atoms with E-state index in [2.05, 4.69) is 0 Å². The summed E-state index contributed by atoms with van der Waals surface area (Å²) in [5.74, 6) is 0.884. The first-order valence-corrected chi connectivity index (χ1v) is 7.44. The highest BCUT2D eigenvalue weighted by Crippen LogP contribution is 2.35. The van der Waals surface area contributed by atoms with E-state index in [1.165, 1.54) is 34.5 Å². The molecule has 2 aromatic carbocycles. The molecule has 0 saturated carbocycles. The van der Waals surface area contributed by atoms with Crippen LogP contribution in [-0.2, 0) is 4.79 Å². The zero-order chi connectivity index (χ0) is 18.4. The van der Waals surface area contributed by atoms with Gasteiger partial charge in [0.1, 0.15) is 0 Å². The molecule has 0 aliphatic heterocycles. The molecule has 0 heterocycles. The van der Waals surface area contributed by atoms with Crippen LogP contribution in [0.4, 0.5) is 0 Å². The molecular weight excluding hydrogens is 324 g/mol. The van der Waals surface area contributed by atoms with Gasteiger partial charge in [0.25, 0.3) is 0 Å². The van der Waals surface area contributed by atoms with Gasteiger partial charge in [-0.3, -0.25) is 0 Å². The molecule has 132 valence electrons. The maximum absolute atomic E-state index is 11.8. The molecule has 25 heavy (non-hydrogen) atoms. The molecule has 0 spiro atoms. The molecule has 0 fully saturated rings. The van der Waals surface area contributed by atoms with Gasteiger partial charge in [0.05, 0.1) is 34.0 Å². The molecule has 1 N–H and O–H groups in total. The zero-order valence-corrected chi connectivity index (χ0v) is 14.5. The summed E-state index contributed by atoms with van der Waals surface area (Å²) in [5, 5.41) is 9.66. The van der Waals surface area contributed by atoms with Gasteiger partial charge in [-0.1, -0.05) is 18.2 Å². The molecule has 6 nitrogen and oxygen atoms in total. The summed E-state index contributed by atoms with van der Waals surface area (Å²) >= 11 is 0. The summed E-state index contributed by atoms with van der Waals surface area (Å²) < 4.78 is 21.0. The topological polar surface area (TPSA) is 74.2 Å². The van der Waals surface area contributed by atoms with Crippen molar-refractivity contribution in [2.45, 2.75) is 0 Å². The molecule has 0 radical (unpaired) electrons. The van der Waals surface area contributed by atoms with Crippen LogP contribution in [0.25, 0.3) is 11.6 Å². The number of aliphatic carboxylic acids is 1. The number of ether oxygens (including phenoxy) is 4. The summed E-state index contributed by atoms with van der Waals surface area (Å²) in [6.07, 6.45) is 1.53. The molecule has 0 aromatic heterocycles. The van der Waals surface area contributed by atoms with Gasteiger partial charge in [-0.15, -0.1) is 0 Å². The first kappa shape index (κ1) is 18.2. The Labute approximate surface area is 146 Å². The monoisotopic (exact) mass is 344 g/mol. The Kier molecular flexibility index (Phi) is 5.89. The number of para-hydroxylation sites is 1. The fourth-order valence-corrected chi connectivity index (χ4v) is 2.45. The SMILES string of the molecule is COc1ccc(/C(=C/c2cccc(OC)c2OC)C(=O)O)cc1OC. The van der Waals surface area contributed by atoms with E-state index >= 15 is 0 Å². The Morgan fingerprint density at radius 1 is 0.880 bits per heavy atom. The van der Waals surface area contributed by atoms with Crippen molar-refractivity contribution < 1.29 is 28.8 Å². The Morgan fingerprint density at radius 3 is 2.12 bits per heavy atom. The van der Waals surface area contributed by atoms with Gasteiger partial charge in [0.2, 0.25) is 0 Å². The Hall–Kier alpha value is -3.15. The molecule has 0 amide bonds. The number of carboxylic acid groups (broad SMARTS) is 1. The van der Waals surface area contributed by atoms with E-state index in [-0.39, 0.29) is 5.57 Å². The van der Waals surface area contributed by atoms with Gasteiger partial charge in [-0.05, 0) is 29.8 Å². The predicted molar refractivity (Wildman–Crippen MR) is 94.6 cm³/mol. The van der Waals surface area contributed by atoms with E-state index < -0.39 is 5.97 Å². The second kappa shape index (κ2) is 8.10. The molecule has 0 unspecified atom stereocenters. The quantitative estimate of drug-likeness (QED) is 0.613.